The normalized spacial score (nSPS) is 33.7. The first kappa shape index (κ1) is 9.93. The lowest BCUT2D eigenvalue weighted by Crippen LogP contribution is -2.21. The smallest absolute Gasteiger partial charge is 0.306 e. The third kappa shape index (κ3) is 2.25. The minimum atomic E-state index is -0.814. The number of hydrogen-bond acceptors (Lipinski definition) is 3. The first-order chi connectivity index (χ1) is 6.75. The first-order valence-electron chi connectivity index (χ1n) is 5.24. The van der Waals surface area contributed by atoms with Crippen molar-refractivity contribution >= 4 is 5.97 Å². The molecule has 0 spiro atoms. The molecule has 2 atom stereocenters. The molecule has 1 aliphatic heterocycles. The van der Waals surface area contributed by atoms with E-state index in [9.17, 15) is 4.79 Å². The van der Waals surface area contributed by atoms with Crippen LogP contribution in [0.2, 0.25) is 0 Å². The summed E-state index contributed by atoms with van der Waals surface area (Å²) < 4.78 is 11.0. The van der Waals surface area contributed by atoms with Crippen molar-refractivity contribution in [2.24, 2.45) is 5.92 Å². The summed E-state index contributed by atoms with van der Waals surface area (Å²) in [6.07, 6.45) is 4.49. The zero-order valence-electron chi connectivity index (χ0n) is 8.15. The van der Waals surface area contributed by atoms with Gasteiger partial charge in [-0.3, -0.25) is 4.79 Å². The van der Waals surface area contributed by atoms with Crippen LogP contribution in [0.1, 0.15) is 32.1 Å². The van der Waals surface area contributed by atoms with Gasteiger partial charge in [-0.05, 0) is 12.8 Å². The second-order valence-electron chi connectivity index (χ2n) is 4.10. The maximum absolute atomic E-state index is 10.4. The lowest BCUT2D eigenvalue weighted by Gasteiger charge is -2.16. The molecule has 2 rings (SSSR count). The van der Waals surface area contributed by atoms with Crippen molar-refractivity contribution in [1.82, 2.24) is 0 Å². The monoisotopic (exact) mass is 200 g/mol. The third-order valence-corrected chi connectivity index (χ3v) is 2.96. The Bertz CT molecular complexity index is 210. The highest BCUT2D eigenvalue weighted by Gasteiger charge is 2.34. The van der Waals surface area contributed by atoms with Gasteiger partial charge in [0.1, 0.15) is 0 Å². The van der Waals surface area contributed by atoms with Crippen LogP contribution in [0.4, 0.5) is 0 Å². The van der Waals surface area contributed by atoms with Crippen molar-refractivity contribution in [3.63, 3.8) is 0 Å². The summed E-state index contributed by atoms with van der Waals surface area (Å²) in [6, 6.07) is 0. The standard InChI is InChI=1S/C10H16O4/c11-9(12)5-8-6-13-10(14-8)7-3-1-2-4-7/h7-8,10H,1-6H2,(H,11,12). The Kier molecular flexibility index (Phi) is 3.03. The zero-order valence-corrected chi connectivity index (χ0v) is 8.15. The Morgan fingerprint density at radius 1 is 1.36 bits per heavy atom. The highest BCUT2D eigenvalue weighted by Crippen LogP contribution is 2.33. The van der Waals surface area contributed by atoms with Gasteiger partial charge in [-0.2, -0.15) is 0 Å². The fourth-order valence-corrected chi connectivity index (χ4v) is 2.25. The molecule has 1 aliphatic carbocycles. The highest BCUT2D eigenvalue weighted by molar-refractivity contribution is 5.67. The maximum atomic E-state index is 10.4. The number of carboxylic acid groups (broad SMARTS) is 1. The Morgan fingerprint density at radius 3 is 2.71 bits per heavy atom. The van der Waals surface area contributed by atoms with Crippen LogP contribution in [0.5, 0.6) is 0 Å². The van der Waals surface area contributed by atoms with Gasteiger partial charge in [0.2, 0.25) is 0 Å². The van der Waals surface area contributed by atoms with Crippen molar-refractivity contribution < 1.29 is 19.4 Å². The molecular formula is C10H16O4. The third-order valence-electron chi connectivity index (χ3n) is 2.96. The van der Waals surface area contributed by atoms with Gasteiger partial charge in [0.25, 0.3) is 0 Å². The average molecular weight is 200 g/mol. The number of carboxylic acids is 1. The van der Waals surface area contributed by atoms with E-state index in [0.29, 0.717) is 12.5 Å². The predicted molar refractivity (Wildman–Crippen MR) is 48.8 cm³/mol. The van der Waals surface area contributed by atoms with Crippen LogP contribution in [0.3, 0.4) is 0 Å². The van der Waals surface area contributed by atoms with Crippen molar-refractivity contribution in [3.05, 3.63) is 0 Å². The molecule has 2 unspecified atom stereocenters. The number of hydrogen-bond donors (Lipinski definition) is 1. The summed E-state index contributed by atoms with van der Waals surface area (Å²) in [7, 11) is 0. The van der Waals surface area contributed by atoms with Crippen LogP contribution < -0.4 is 0 Å². The summed E-state index contributed by atoms with van der Waals surface area (Å²) in [4.78, 5) is 10.4. The van der Waals surface area contributed by atoms with E-state index in [4.69, 9.17) is 14.6 Å². The van der Waals surface area contributed by atoms with E-state index < -0.39 is 5.97 Å². The lowest BCUT2D eigenvalue weighted by molar-refractivity contribution is -0.141. The molecule has 0 aromatic heterocycles. The molecule has 1 heterocycles. The molecular weight excluding hydrogens is 184 g/mol. The minimum Gasteiger partial charge on any atom is -0.481 e. The van der Waals surface area contributed by atoms with E-state index >= 15 is 0 Å². The summed E-state index contributed by atoms with van der Waals surface area (Å²) in [5.41, 5.74) is 0. The topological polar surface area (TPSA) is 55.8 Å². The van der Waals surface area contributed by atoms with Gasteiger partial charge in [-0.1, -0.05) is 12.8 Å². The molecule has 4 heteroatoms. The second kappa shape index (κ2) is 4.28. The molecule has 1 saturated heterocycles. The lowest BCUT2D eigenvalue weighted by atomic mass is 10.1. The van der Waals surface area contributed by atoms with Crippen LogP contribution in [0, 0.1) is 5.92 Å². The van der Waals surface area contributed by atoms with Crippen LogP contribution >= 0.6 is 0 Å². The number of aliphatic carboxylic acids is 1. The summed E-state index contributed by atoms with van der Waals surface area (Å²) in [6.45, 7) is 0.438. The van der Waals surface area contributed by atoms with Crippen LogP contribution in [0.25, 0.3) is 0 Å². The summed E-state index contributed by atoms with van der Waals surface area (Å²) in [5.74, 6) is -0.320. The van der Waals surface area contributed by atoms with Gasteiger partial charge >= 0.3 is 5.97 Å². The van der Waals surface area contributed by atoms with E-state index in [0.717, 1.165) is 12.8 Å². The highest BCUT2D eigenvalue weighted by atomic mass is 16.7. The van der Waals surface area contributed by atoms with Crippen molar-refractivity contribution in [2.75, 3.05) is 6.61 Å². The molecule has 1 N–H and O–H groups in total. The van der Waals surface area contributed by atoms with E-state index in [1.165, 1.54) is 12.8 Å². The predicted octanol–water partition coefficient (Wildman–Crippen LogP) is 1.39. The molecule has 0 amide bonds. The van der Waals surface area contributed by atoms with Gasteiger partial charge in [0.05, 0.1) is 19.1 Å². The Hall–Kier alpha value is -0.610. The fraction of sp³-hybridized carbons (Fsp3) is 0.900. The average Bonchev–Trinajstić information content (AvgIpc) is 2.69. The molecule has 4 nitrogen and oxygen atoms in total. The van der Waals surface area contributed by atoms with Gasteiger partial charge in [-0.25, -0.2) is 0 Å². The fourth-order valence-electron chi connectivity index (χ4n) is 2.25. The quantitative estimate of drug-likeness (QED) is 0.748. The molecule has 1 saturated carbocycles. The van der Waals surface area contributed by atoms with Crippen molar-refractivity contribution in [2.45, 2.75) is 44.5 Å². The van der Waals surface area contributed by atoms with Gasteiger partial charge < -0.3 is 14.6 Å². The van der Waals surface area contributed by atoms with E-state index in [1.807, 2.05) is 0 Å². The summed E-state index contributed by atoms with van der Waals surface area (Å²) >= 11 is 0. The van der Waals surface area contributed by atoms with E-state index in [2.05, 4.69) is 0 Å². The molecule has 2 fully saturated rings. The Morgan fingerprint density at radius 2 is 2.07 bits per heavy atom. The van der Waals surface area contributed by atoms with Gasteiger partial charge in [0.15, 0.2) is 6.29 Å². The van der Waals surface area contributed by atoms with E-state index in [1.54, 1.807) is 0 Å². The van der Waals surface area contributed by atoms with E-state index in [-0.39, 0.29) is 18.8 Å². The number of carbonyl (C=O) groups is 1. The minimum absolute atomic E-state index is 0.0587. The molecule has 0 radical (unpaired) electrons. The molecule has 0 bridgehead atoms. The second-order valence-corrected chi connectivity index (χ2v) is 4.10. The SMILES string of the molecule is O=C(O)CC1COC(C2CCCC2)O1. The summed E-state index contributed by atoms with van der Waals surface area (Å²) in [5, 5.41) is 8.59. The molecule has 80 valence electrons. The van der Waals surface area contributed by atoms with Crippen molar-refractivity contribution in [1.29, 1.82) is 0 Å². The van der Waals surface area contributed by atoms with Crippen LogP contribution in [-0.4, -0.2) is 30.1 Å². The molecule has 14 heavy (non-hydrogen) atoms. The largest absolute Gasteiger partial charge is 0.481 e. The van der Waals surface area contributed by atoms with Crippen LogP contribution in [-0.2, 0) is 14.3 Å². The first-order valence-corrected chi connectivity index (χ1v) is 5.24. The zero-order chi connectivity index (χ0) is 9.97. The van der Waals surface area contributed by atoms with Gasteiger partial charge in [-0.15, -0.1) is 0 Å². The molecule has 0 aromatic rings. The Labute approximate surface area is 83.2 Å². The number of rotatable bonds is 3. The molecule has 2 aliphatic rings. The molecule has 0 aromatic carbocycles. The number of ether oxygens (including phenoxy) is 2. The Balaban J connectivity index is 1.78. The van der Waals surface area contributed by atoms with Crippen LogP contribution in [0.15, 0.2) is 0 Å². The maximum Gasteiger partial charge on any atom is 0.306 e. The van der Waals surface area contributed by atoms with Crippen molar-refractivity contribution in [3.8, 4) is 0 Å². The van der Waals surface area contributed by atoms with Gasteiger partial charge in [0, 0.05) is 5.92 Å².